The minimum absolute atomic E-state index is 0.0325. The summed E-state index contributed by atoms with van der Waals surface area (Å²) in [5, 5.41) is 4.08. The molecule has 5 heteroatoms. The van der Waals surface area contributed by atoms with Crippen LogP contribution in [0.1, 0.15) is 24.5 Å². The molecule has 23 heavy (non-hydrogen) atoms. The Morgan fingerprint density at radius 1 is 1.09 bits per heavy atom. The van der Waals surface area contributed by atoms with Crippen molar-refractivity contribution in [1.29, 1.82) is 0 Å². The van der Waals surface area contributed by atoms with Crippen LogP contribution in [0.2, 0.25) is 10.0 Å². The highest BCUT2D eigenvalue weighted by atomic mass is 35.5. The van der Waals surface area contributed by atoms with Crippen LogP contribution in [-0.2, 0) is 17.8 Å². The molecule has 2 rings (SSSR count). The summed E-state index contributed by atoms with van der Waals surface area (Å²) in [7, 11) is 0. The molecule has 2 aromatic carbocycles. The van der Waals surface area contributed by atoms with Gasteiger partial charge < -0.3 is 10.1 Å². The standard InChI is InChI=1S/C18H19Cl2NO2/c1-2-23-14-8-6-13(7-9-14)12-21-18(22)11-10-15-16(19)4-3-5-17(15)20/h3-9H,2,10-12H2,1H3,(H,21,22). The summed E-state index contributed by atoms with van der Waals surface area (Å²) in [6.07, 6.45) is 0.869. The van der Waals surface area contributed by atoms with E-state index in [1.807, 2.05) is 31.2 Å². The zero-order chi connectivity index (χ0) is 16.7. The van der Waals surface area contributed by atoms with Crippen LogP contribution in [0.4, 0.5) is 0 Å². The van der Waals surface area contributed by atoms with Gasteiger partial charge >= 0.3 is 0 Å². The van der Waals surface area contributed by atoms with Gasteiger partial charge in [0.15, 0.2) is 0 Å². The molecule has 0 saturated carbocycles. The molecule has 0 unspecified atom stereocenters. The van der Waals surface area contributed by atoms with Crippen molar-refractivity contribution in [3.63, 3.8) is 0 Å². The fourth-order valence-corrected chi connectivity index (χ4v) is 2.76. The number of carbonyl (C=O) groups excluding carboxylic acids is 1. The lowest BCUT2D eigenvalue weighted by Gasteiger charge is -2.09. The number of nitrogens with one attached hydrogen (secondary N) is 1. The topological polar surface area (TPSA) is 38.3 Å². The van der Waals surface area contributed by atoms with Crippen LogP contribution in [0.5, 0.6) is 5.75 Å². The van der Waals surface area contributed by atoms with Crippen molar-refractivity contribution in [2.24, 2.45) is 0 Å². The average molecular weight is 352 g/mol. The van der Waals surface area contributed by atoms with Gasteiger partial charge in [-0.25, -0.2) is 0 Å². The van der Waals surface area contributed by atoms with E-state index in [2.05, 4.69) is 5.32 Å². The third-order valence-corrected chi connectivity index (χ3v) is 4.10. The van der Waals surface area contributed by atoms with E-state index < -0.39 is 0 Å². The Labute approximate surface area is 146 Å². The van der Waals surface area contributed by atoms with Gasteiger partial charge in [0.05, 0.1) is 6.61 Å². The van der Waals surface area contributed by atoms with Crippen LogP contribution in [0.15, 0.2) is 42.5 Å². The van der Waals surface area contributed by atoms with E-state index in [1.54, 1.807) is 18.2 Å². The third kappa shape index (κ3) is 5.45. The van der Waals surface area contributed by atoms with Crippen molar-refractivity contribution in [3.05, 3.63) is 63.6 Å². The quantitative estimate of drug-likeness (QED) is 0.788. The molecule has 3 nitrogen and oxygen atoms in total. The number of carbonyl (C=O) groups is 1. The van der Waals surface area contributed by atoms with Crippen LogP contribution in [0.25, 0.3) is 0 Å². The summed E-state index contributed by atoms with van der Waals surface area (Å²) in [4.78, 5) is 12.0. The summed E-state index contributed by atoms with van der Waals surface area (Å²) in [5.74, 6) is 0.797. The maximum atomic E-state index is 12.0. The van der Waals surface area contributed by atoms with Crippen LogP contribution >= 0.6 is 23.2 Å². The zero-order valence-electron chi connectivity index (χ0n) is 12.9. The molecule has 0 fully saturated rings. The Morgan fingerprint density at radius 2 is 1.74 bits per heavy atom. The molecule has 0 spiro atoms. The average Bonchev–Trinajstić information content (AvgIpc) is 2.54. The van der Waals surface area contributed by atoms with Crippen LogP contribution in [-0.4, -0.2) is 12.5 Å². The Kier molecular flexibility index (Phi) is 6.75. The fourth-order valence-electron chi connectivity index (χ4n) is 2.17. The van der Waals surface area contributed by atoms with Crippen molar-refractivity contribution in [2.75, 3.05) is 6.61 Å². The molecular weight excluding hydrogens is 333 g/mol. The lowest BCUT2D eigenvalue weighted by Crippen LogP contribution is -2.23. The first-order valence-electron chi connectivity index (χ1n) is 7.51. The van der Waals surface area contributed by atoms with Gasteiger partial charge in [0.1, 0.15) is 5.75 Å². The van der Waals surface area contributed by atoms with Gasteiger partial charge in [-0.2, -0.15) is 0 Å². The summed E-state index contributed by atoms with van der Waals surface area (Å²) < 4.78 is 5.38. The van der Waals surface area contributed by atoms with Crippen molar-refractivity contribution in [3.8, 4) is 5.75 Å². The van der Waals surface area contributed by atoms with Crippen molar-refractivity contribution in [1.82, 2.24) is 5.32 Å². The minimum atomic E-state index is -0.0325. The summed E-state index contributed by atoms with van der Waals surface area (Å²) in [5.41, 5.74) is 1.84. The molecule has 0 heterocycles. The van der Waals surface area contributed by atoms with E-state index in [0.29, 0.717) is 36.0 Å². The SMILES string of the molecule is CCOc1ccc(CNC(=O)CCc2c(Cl)cccc2Cl)cc1. The van der Waals surface area contributed by atoms with Gasteiger partial charge in [-0.1, -0.05) is 41.4 Å². The maximum Gasteiger partial charge on any atom is 0.220 e. The number of benzene rings is 2. The molecule has 1 N–H and O–H groups in total. The van der Waals surface area contributed by atoms with E-state index in [0.717, 1.165) is 16.9 Å². The van der Waals surface area contributed by atoms with Crippen molar-refractivity contribution >= 4 is 29.1 Å². The lowest BCUT2D eigenvalue weighted by atomic mass is 10.1. The molecule has 0 radical (unpaired) electrons. The molecule has 0 aliphatic carbocycles. The van der Waals surface area contributed by atoms with Gasteiger partial charge in [0.2, 0.25) is 5.91 Å². The van der Waals surface area contributed by atoms with Crippen LogP contribution in [0, 0.1) is 0 Å². The van der Waals surface area contributed by atoms with E-state index in [-0.39, 0.29) is 5.91 Å². The van der Waals surface area contributed by atoms with E-state index in [9.17, 15) is 4.79 Å². The second kappa shape index (κ2) is 8.80. The highest BCUT2D eigenvalue weighted by Crippen LogP contribution is 2.25. The predicted molar refractivity (Wildman–Crippen MR) is 94.2 cm³/mol. The van der Waals surface area contributed by atoms with Crippen LogP contribution in [0.3, 0.4) is 0 Å². The Balaban J connectivity index is 1.81. The molecule has 122 valence electrons. The fraction of sp³-hybridized carbons (Fsp3) is 0.278. The number of hydrogen-bond acceptors (Lipinski definition) is 2. The summed E-state index contributed by atoms with van der Waals surface area (Å²) in [6, 6.07) is 13.0. The van der Waals surface area contributed by atoms with E-state index in [1.165, 1.54) is 0 Å². The summed E-state index contributed by atoms with van der Waals surface area (Å²) in [6.45, 7) is 3.07. The van der Waals surface area contributed by atoms with Gasteiger partial charge in [-0.3, -0.25) is 4.79 Å². The second-order valence-electron chi connectivity index (χ2n) is 5.05. The monoisotopic (exact) mass is 351 g/mol. The number of halogens is 2. The van der Waals surface area contributed by atoms with Crippen molar-refractivity contribution in [2.45, 2.75) is 26.3 Å². The lowest BCUT2D eigenvalue weighted by molar-refractivity contribution is -0.121. The molecule has 0 bridgehead atoms. The third-order valence-electron chi connectivity index (χ3n) is 3.39. The first kappa shape index (κ1) is 17.6. The molecule has 0 atom stereocenters. The normalized spacial score (nSPS) is 10.4. The van der Waals surface area contributed by atoms with Gasteiger partial charge in [0.25, 0.3) is 0 Å². The first-order valence-corrected chi connectivity index (χ1v) is 8.27. The molecule has 0 aliphatic heterocycles. The van der Waals surface area contributed by atoms with Gasteiger partial charge in [-0.15, -0.1) is 0 Å². The van der Waals surface area contributed by atoms with Gasteiger partial charge in [0, 0.05) is 23.0 Å². The highest BCUT2D eigenvalue weighted by molar-refractivity contribution is 6.36. The largest absolute Gasteiger partial charge is 0.494 e. The van der Waals surface area contributed by atoms with E-state index in [4.69, 9.17) is 27.9 Å². The molecular formula is C18H19Cl2NO2. The number of ether oxygens (including phenoxy) is 1. The Bertz CT molecular complexity index is 636. The second-order valence-corrected chi connectivity index (χ2v) is 5.87. The number of amides is 1. The number of hydrogen-bond donors (Lipinski definition) is 1. The number of rotatable bonds is 7. The molecule has 0 saturated heterocycles. The minimum Gasteiger partial charge on any atom is -0.494 e. The molecule has 1 amide bonds. The zero-order valence-corrected chi connectivity index (χ0v) is 14.5. The smallest absolute Gasteiger partial charge is 0.220 e. The molecule has 2 aromatic rings. The first-order chi connectivity index (χ1) is 11.1. The summed E-state index contributed by atoms with van der Waals surface area (Å²) >= 11 is 12.2. The Morgan fingerprint density at radius 3 is 2.35 bits per heavy atom. The molecule has 0 aliphatic rings. The maximum absolute atomic E-state index is 12.0. The predicted octanol–water partition coefficient (Wildman–Crippen LogP) is 4.64. The van der Waals surface area contributed by atoms with E-state index >= 15 is 0 Å². The van der Waals surface area contributed by atoms with Gasteiger partial charge in [-0.05, 0) is 48.7 Å². The highest BCUT2D eigenvalue weighted by Gasteiger charge is 2.08. The molecule has 0 aromatic heterocycles. The van der Waals surface area contributed by atoms with Crippen LogP contribution < -0.4 is 10.1 Å². The van der Waals surface area contributed by atoms with Crippen molar-refractivity contribution < 1.29 is 9.53 Å². The Hall–Kier alpha value is -1.71.